The van der Waals surface area contributed by atoms with Crippen LogP contribution in [0, 0.1) is 0 Å². The van der Waals surface area contributed by atoms with E-state index in [1.54, 1.807) is 13.2 Å². The number of benzene rings is 1. The average Bonchev–Trinajstić information content (AvgIpc) is 2.49. The Morgan fingerprint density at radius 2 is 1.92 bits per heavy atom. The number of hydrogen-bond donors (Lipinski definition) is 1. The Balaban J connectivity index is 2.54. The van der Waals surface area contributed by atoms with E-state index in [1.165, 1.54) is 4.57 Å². The van der Waals surface area contributed by atoms with Crippen LogP contribution in [-0.2, 0) is 7.05 Å². The van der Waals surface area contributed by atoms with Crippen LogP contribution in [0.25, 0.3) is 11.3 Å². The number of aromatic amines is 1. The van der Waals surface area contributed by atoms with Crippen molar-refractivity contribution in [3.8, 4) is 11.3 Å². The van der Waals surface area contributed by atoms with E-state index in [9.17, 15) is 4.79 Å². The van der Waals surface area contributed by atoms with Crippen LogP contribution < -0.4 is 5.69 Å². The zero-order valence-electron chi connectivity index (χ0n) is 7.32. The fraction of sp³-hybridized carbons (Fsp3) is 0.100. The molecule has 0 saturated carbocycles. The quantitative estimate of drug-likeness (QED) is 0.696. The molecule has 13 heavy (non-hydrogen) atoms. The molecule has 2 rings (SSSR count). The minimum absolute atomic E-state index is 0.0844. The van der Waals surface area contributed by atoms with Gasteiger partial charge in [-0.25, -0.2) is 4.79 Å². The zero-order valence-corrected chi connectivity index (χ0v) is 7.32. The van der Waals surface area contributed by atoms with E-state index in [0.29, 0.717) is 0 Å². The highest BCUT2D eigenvalue weighted by molar-refractivity contribution is 5.57. The lowest BCUT2D eigenvalue weighted by atomic mass is 10.2. The molecule has 66 valence electrons. The average molecular weight is 174 g/mol. The molecule has 1 aromatic carbocycles. The zero-order chi connectivity index (χ0) is 9.26. The first kappa shape index (κ1) is 7.86. The number of hydrogen-bond acceptors (Lipinski definition) is 1. The van der Waals surface area contributed by atoms with Gasteiger partial charge in [-0.15, -0.1) is 0 Å². The van der Waals surface area contributed by atoms with Gasteiger partial charge in [0.2, 0.25) is 0 Å². The molecule has 0 radical (unpaired) electrons. The van der Waals surface area contributed by atoms with E-state index in [1.807, 2.05) is 30.3 Å². The molecule has 0 saturated heterocycles. The molecule has 0 aliphatic heterocycles. The summed E-state index contributed by atoms with van der Waals surface area (Å²) in [6.45, 7) is 0. The second kappa shape index (κ2) is 2.94. The van der Waals surface area contributed by atoms with Gasteiger partial charge in [-0.1, -0.05) is 30.3 Å². The molecule has 3 nitrogen and oxygen atoms in total. The van der Waals surface area contributed by atoms with E-state index in [2.05, 4.69) is 4.98 Å². The maximum absolute atomic E-state index is 11.1. The first-order valence-corrected chi connectivity index (χ1v) is 4.08. The summed E-state index contributed by atoms with van der Waals surface area (Å²) in [6, 6.07) is 9.77. The molecule has 0 amide bonds. The van der Waals surface area contributed by atoms with Gasteiger partial charge in [0.15, 0.2) is 0 Å². The van der Waals surface area contributed by atoms with Gasteiger partial charge in [0, 0.05) is 13.2 Å². The molecule has 2 aromatic rings. The van der Waals surface area contributed by atoms with Crippen LogP contribution >= 0.6 is 0 Å². The topological polar surface area (TPSA) is 37.8 Å². The molecule has 1 heterocycles. The molecule has 0 bridgehead atoms. The molecular weight excluding hydrogens is 164 g/mol. The Morgan fingerprint density at radius 3 is 2.46 bits per heavy atom. The number of aryl methyl sites for hydroxylation is 1. The molecule has 1 N–H and O–H groups in total. The van der Waals surface area contributed by atoms with Crippen molar-refractivity contribution in [1.29, 1.82) is 0 Å². The normalized spacial score (nSPS) is 10.2. The predicted octanol–water partition coefficient (Wildman–Crippen LogP) is 1.38. The molecule has 3 heteroatoms. The number of nitrogens with one attached hydrogen (secondary N) is 1. The Hall–Kier alpha value is -1.77. The number of nitrogens with zero attached hydrogens (tertiary/aromatic N) is 1. The summed E-state index contributed by atoms with van der Waals surface area (Å²) in [7, 11) is 1.73. The summed E-state index contributed by atoms with van der Waals surface area (Å²) >= 11 is 0. The third-order valence-corrected chi connectivity index (χ3v) is 1.97. The molecule has 0 unspecified atom stereocenters. The van der Waals surface area contributed by atoms with Gasteiger partial charge in [0.05, 0.1) is 5.69 Å². The van der Waals surface area contributed by atoms with Crippen LogP contribution in [0.1, 0.15) is 0 Å². The summed E-state index contributed by atoms with van der Waals surface area (Å²) in [5.41, 5.74) is 1.80. The third-order valence-electron chi connectivity index (χ3n) is 1.97. The highest BCUT2D eigenvalue weighted by atomic mass is 16.1. The molecule has 1 aromatic heterocycles. The lowest BCUT2D eigenvalue weighted by molar-refractivity contribution is 0.862. The summed E-state index contributed by atoms with van der Waals surface area (Å²) in [5, 5.41) is 0. The Morgan fingerprint density at radius 1 is 1.23 bits per heavy atom. The third kappa shape index (κ3) is 1.40. The van der Waals surface area contributed by atoms with Crippen molar-refractivity contribution >= 4 is 0 Å². The molecule has 0 fully saturated rings. The van der Waals surface area contributed by atoms with Crippen LogP contribution in [-0.4, -0.2) is 9.55 Å². The summed E-state index contributed by atoms with van der Waals surface area (Å²) in [5.74, 6) is 0. The number of H-pyrrole nitrogens is 1. The minimum Gasteiger partial charge on any atom is -0.306 e. The Bertz CT molecular complexity index is 453. The number of aromatic nitrogens is 2. The van der Waals surface area contributed by atoms with Crippen molar-refractivity contribution in [2.24, 2.45) is 7.05 Å². The van der Waals surface area contributed by atoms with Gasteiger partial charge in [0.1, 0.15) is 0 Å². The summed E-state index contributed by atoms with van der Waals surface area (Å²) in [4.78, 5) is 13.9. The van der Waals surface area contributed by atoms with Crippen LogP contribution in [0.3, 0.4) is 0 Å². The van der Waals surface area contributed by atoms with Gasteiger partial charge in [-0.05, 0) is 5.56 Å². The lowest BCUT2D eigenvalue weighted by Gasteiger charge is -1.93. The van der Waals surface area contributed by atoms with Crippen molar-refractivity contribution in [2.75, 3.05) is 0 Å². The van der Waals surface area contributed by atoms with Crippen LogP contribution in [0.4, 0.5) is 0 Å². The summed E-state index contributed by atoms with van der Waals surface area (Å²) in [6.07, 6.45) is 1.79. The Labute approximate surface area is 75.7 Å². The maximum atomic E-state index is 11.1. The van der Waals surface area contributed by atoms with E-state index < -0.39 is 0 Å². The highest BCUT2D eigenvalue weighted by Crippen LogP contribution is 2.13. The second-order valence-electron chi connectivity index (χ2n) is 2.95. The first-order chi connectivity index (χ1) is 6.27. The standard InChI is InChI=1S/C10H10N2O/c1-12-7-9(11-10(12)13)8-5-3-2-4-6-8/h2-7H,1H3,(H,11,13). The van der Waals surface area contributed by atoms with Gasteiger partial charge in [-0.3, -0.25) is 0 Å². The largest absolute Gasteiger partial charge is 0.325 e. The first-order valence-electron chi connectivity index (χ1n) is 4.08. The van der Waals surface area contributed by atoms with Crippen molar-refractivity contribution in [3.05, 3.63) is 47.0 Å². The fourth-order valence-electron chi connectivity index (χ4n) is 1.25. The maximum Gasteiger partial charge on any atom is 0.325 e. The monoisotopic (exact) mass is 174 g/mol. The minimum atomic E-state index is -0.0844. The molecule has 0 aliphatic carbocycles. The van der Waals surface area contributed by atoms with Gasteiger partial charge in [-0.2, -0.15) is 0 Å². The molecule has 0 spiro atoms. The number of imidazole rings is 1. The van der Waals surface area contributed by atoms with Crippen LogP contribution in [0.15, 0.2) is 41.3 Å². The van der Waals surface area contributed by atoms with Crippen molar-refractivity contribution < 1.29 is 0 Å². The lowest BCUT2D eigenvalue weighted by Crippen LogP contribution is -2.11. The van der Waals surface area contributed by atoms with Gasteiger partial charge >= 0.3 is 5.69 Å². The smallest absolute Gasteiger partial charge is 0.306 e. The SMILES string of the molecule is Cn1cc(-c2ccccc2)[nH]c1=O. The van der Waals surface area contributed by atoms with Crippen molar-refractivity contribution in [2.45, 2.75) is 0 Å². The van der Waals surface area contributed by atoms with Crippen molar-refractivity contribution in [1.82, 2.24) is 9.55 Å². The van der Waals surface area contributed by atoms with E-state index >= 15 is 0 Å². The van der Waals surface area contributed by atoms with E-state index in [-0.39, 0.29) is 5.69 Å². The fourth-order valence-corrected chi connectivity index (χ4v) is 1.25. The second-order valence-corrected chi connectivity index (χ2v) is 2.95. The molecule has 0 atom stereocenters. The highest BCUT2D eigenvalue weighted by Gasteiger charge is 2.00. The van der Waals surface area contributed by atoms with Gasteiger partial charge < -0.3 is 9.55 Å². The van der Waals surface area contributed by atoms with Crippen LogP contribution in [0.5, 0.6) is 0 Å². The van der Waals surface area contributed by atoms with E-state index in [4.69, 9.17) is 0 Å². The van der Waals surface area contributed by atoms with E-state index in [0.717, 1.165) is 11.3 Å². The molecular formula is C10H10N2O. The Kier molecular flexibility index (Phi) is 1.77. The van der Waals surface area contributed by atoms with Crippen molar-refractivity contribution in [3.63, 3.8) is 0 Å². The predicted molar refractivity (Wildman–Crippen MR) is 51.5 cm³/mol. The molecule has 0 aliphatic rings. The van der Waals surface area contributed by atoms with Crippen LogP contribution in [0.2, 0.25) is 0 Å². The number of rotatable bonds is 1. The van der Waals surface area contributed by atoms with Gasteiger partial charge in [0.25, 0.3) is 0 Å². The summed E-state index contributed by atoms with van der Waals surface area (Å²) < 4.78 is 1.53.